The predicted molar refractivity (Wildman–Crippen MR) is 73.9 cm³/mol. The Kier molecular flexibility index (Phi) is 5.36. The average Bonchev–Trinajstić information content (AvgIpc) is 2.33. The first-order valence-corrected chi connectivity index (χ1v) is 6.47. The van der Waals surface area contributed by atoms with Crippen molar-refractivity contribution >= 4 is 5.97 Å². The molecule has 2 N–H and O–H groups in total. The number of hydrogen-bond acceptors (Lipinski definition) is 3. The second-order valence-corrected chi connectivity index (χ2v) is 5.58. The van der Waals surface area contributed by atoms with Crippen LogP contribution >= 0.6 is 0 Å². The van der Waals surface area contributed by atoms with E-state index in [-0.39, 0.29) is 17.6 Å². The number of benzene rings is 1. The molecular weight excluding hydrogens is 244 g/mol. The van der Waals surface area contributed by atoms with E-state index in [1.54, 1.807) is 6.07 Å². The monoisotopic (exact) mass is 266 g/mol. The molecule has 0 aliphatic rings. The molecule has 0 saturated carbocycles. The van der Waals surface area contributed by atoms with E-state index < -0.39 is 5.97 Å². The normalized spacial score (nSPS) is 11.4. The molecule has 106 valence electrons. The van der Waals surface area contributed by atoms with Crippen molar-refractivity contribution in [3.8, 4) is 5.75 Å². The van der Waals surface area contributed by atoms with E-state index in [0.29, 0.717) is 18.8 Å². The Morgan fingerprint density at radius 2 is 1.89 bits per heavy atom. The van der Waals surface area contributed by atoms with Gasteiger partial charge in [-0.1, -0.05) is 20.8 Å². The predicted octanol–water partition coefficient (Wildman–Crippen LogP) is 2.83. The van der Waals surface area contributed by atoms with Gasteiger partial charge in [-0.05, 0) is 42.0 Å². The number of aliphatic hydroxyl groups excluding tert-OH is 1. The molecule has 0 heterocycles. The lowest BCUT2D eigenvalue weighted by molar-refractivity contribution is 0.0696. The molecular formula is C15H22O4. The summed E-state index contributed by atoms with van der Waals surface area (Å²) in [4.78, 5) is 11.1. The molecule has 0 fully saturated rings. The summed E-state index contributed by atoms with van der Waals surface area (Å²) < 4.78 is 5.56. The number of carboxylic acids is 1. The van der Waals surface area contributed by atoms with Gasteiger partial charge in [0.05, 0.1) is 12.2 Å². The fourth-order valence-electron chi connectivity index (χ4n) is 1.64. The summed E-state index contributed by atoms with van der Waals surface area (Å²) in [5.74, 6) is -0.380. The number of hydrogen-bond donors (Lipinski definition) is 2. The van der Waals surface area contributed by atoms with Gasteiger partial charge in [-0.3, -0.25) is 0 Å². The first-order valence-electron chi connectivity index (χ1n) is 6.47. The van der Waals surface area contributed by atoms with Gasteiger partial charge in [0, 0.05) is 6.61 Å². The summed E-state index contributed by atoms with van der Waals surface area (Å²) in [7, 11) is 0. The summed E-state index contributed by atoms with van der Waals surface area (Å²) in [5.41, 5.74) is 1.04. The Morgan fingerprint density at radius 3 is 2.42 bits per heavy atom. The van der Waals surface area contributed by atoms with Gasteiger partial charge in [-0.15, -0.1) is 0 Å². The van der Waals surface area contributed by atoms with Crippen LogP contribution in [-0.2, 0) is 5.41 Å². The van der Waals surface area contributed by atoms with E-state index in [1.165, 1.54) is 6.07 Å². The van der Waals surface area contributed by atoms with E-state index >= 15 is 0 Å². The number of ether oxygens (including phenoxy) is 1. The highest BCUT2D eigenvalue weighted by Gasteiger charge is 2.17. The third-order valence-corrected chi connectivity index (χ3v) is 2.84. The molecule has 0 spiro atoms. The lowest BCUT2D eigenvalue weighted by Gasteiger charge is -2.20. The fourth-order valence-corrected chi connectivity index (χ4v) is 1.64. The summed E-state index contributed by atoms with van der Waals surface area (Å²) in [6, 6.07) is 5.10. The zero-order valence-electron chi connectivity index (χ0n) is 11.8. The van der Waals surface area contributed by atoms with Crippen molar-refractivity contribution in [3.63, 3.8) is 0 Å². The van der Waals surface area contributed by atoms with Gasteiger partial charge in [0.2, 0.25) is 0 Å². The van der Waals surface area contributed by atoms with Gasteiger partial charge in [-0.2, -0.15) is 0 Å². The fraction of sp³-hybridized carbons (Fsp3) is 0.533. The van der Waals surface area contributed by atoms with Crippen LogP contribution in [0.15, 0.2) is 18.2 Å². The van der Waals surface area contributed by atoms with Crippen LogP contribution in [-0.4, -0.2) is 29.4 Å². The summed E-state index contributed by atoms with van der Waals surface area (Å²) in [6.07, 6.45) is 1.43. The molecule has 0 radical (unpaired) electrons. The second-order valence-electron chi connectivity index (χ2n) is 5.58. The summed E-state index contributed by atoms with van der Waals surface area (Å²) in [6.45, 7) is 6.72. The maximum atomic E-state index is 11.1. The first kappa shape index (κ1) is 15.5. The van der Waals surface area contributed by atoms with Crippen molar-refractivity contribution in [3.05, 3.63) is 29.3 Å². The SMILES string of the molecule is CC(C)(C)c1cc(OCCCCO)cc(C(=O)O)c1. The largest absolute Gasteiger partial charge is 0.494 e. The molecule has 0 aliphatic carbocycles. The Hall–Kier alpha value is -1.55. The molecule has 0 unspecified atom stereocenters. The third kappa shape index (κ3) is 4.91. The Balaban J connectivity index is 2.91. The minimum absolute atomic E-state index is 0.130. The molecule has 1 aromatic rings. The summed E-state index contributed by atoms with van der Waals surface area (Å²) >= 11 is 0. The topological polar surface area (TPSA) is 66.8 Å². The van der Waals surface area contributed by atoms with Gasteiger partial charge in [0.25, 0.3) is 0 Å². The smallest absolute Gasteiger partial charge is 0.335 e. The Labute approximate surface area is 114 Å². The van der Waals surface area contributed by atoms with Crippen molar-refractivity contribution in [1.29, 1.82) is 0 Å². The van der Waals surface area contributed by atoms with Crippen molar-refractivity contribution in [2.24, 2.45) is 0 Å². The van der Waals surface area contributed by atoms with Crippen LogP contribution in [0.1, 0.15) is 49.5 Å². The van der Waals surface area contributed by atoms with Crippen LogP contribution < -0.4 is 4.74 Å². The molecule has 0 amide bonds. The molecule has 0 aromatic heterocycles. The van der Waals surface area contributed by atoms with Crippen molar-refractivity contribution in [2.45, 2.75) is 39.0 Å². The lowest BCUT2D eigenvalue weighted by Crippen LogP contribution is -2.13. The van der Waals surface area contributed by atoms with Crippen molar-refractivity contribution in [1.82, 2.24) is 0 Å². The van der Waals surface area contributed by atoms with Gasteiger partial charge in [0.1, 0.15) is 5.75 Å². The van der Waals surface area contributed by atoms with E-state index in [4.69, 9.17) is 14.9 Å². The highest BCUT2D eigenvalue weighted by molar-refractivity contribution is 5.88. The number of aromatic carboxylic acids is 1. The van der Waals surface area contributed by atoms with Gasteiger partial charge < -0.3 is 14.9 Å². The van der Waals surface area contributed by atoms with Gasteiger partial charge >= 0.3 is 5.97 Å². The minimum Gasteiger partial charge on any atom is -0.494 e. The standard InChI is InChI=1S/C15H22O4/c1-15(2,3)12-8-11(14(17)18)9-13(10-12)19-7-5-4-6-16/h8-10,16H,4-7H2,1-3H3,(H,17,18). The molecule has 19 heavy (non-hydrogen) atoms. The Morgan fingerprint density at radius 1 is 1.21 bits per heavy atom. The highest BCUT2D eigenvalue weighted by atomic mass is 16.5. The van der Waals surface area contributed by atoms with Crippen LogP contribution in [0, 0.1) is 0 Å². The molecule has 1 aromatic carbocycles. The average molecular weight is 266 g/mol. The van der Waals surface area contributed by atoms with E-state index in [9.17, 15) is 4.79 Å². The van der Waals surface area contributed by atoms with Gasteiger partial charge in [-0.25, -0.2) is 4.79 Å². The number of carbonyl (C=O) groups is 1. The number of carboxylic acid groups (broad SMARTS) is 1. The zero-order valence-corrected chi connectivity index (χ0v) is 11.8. The molecule has 0 saturated heterocycles. The van der Waals surface area contributed by atoms with Crippen LogP contribution in [0.3, 0.4) is 0 Å². The molecule has 0 atom stereocenters. The molecule has 4 nitrogen and oxygen atoms in total. The Bertz CT molecular complexity index is 432. The van der Waals surface area contributed by atoms with E-state index in [2.05, 4.69) is 0 Å². The highest BCUT2D eigenvalue weighted by Crippen LogP contribution is 2.27. The maximum absolute atomic E-state index is 11.1. The van der Waals surface area contributed by atoms with E-state index in [1.807, 2.05) is 26.8 Å². The number of unbranched alkanes of at least 4 members (excludes halogenated alkanes) is 1. The quantitative estimate of drug-likeness (QED) is 0.777. The van der Waals surface area contributed by atoms with Crippen LogP contribution in [0.2, 0.25) is 0 Å². The maximum Gasteiger partial charge on any atom is 0.335 e. The lowest BCUT2D eigenvalue weighted by atomic mass is 9.86. The van der Waals surface area contributed by atoms with Crippen molar-refractivity contribution in [2.75, 3.05) is 13.2 Å². The van der Waals surface area contributed by atoms with Crippen LogP contribution in [0.25, 0.3) is 0 Å². The van der Waals surface area contributed by atoms with Crippen LogP contribution in [0.4, 0.5) is 0 Å². The molecule has 4 heteroatoms. The van der Waals surface area contributed by atoms with Gasteiger partial charge in [0.15, 0.2) is 0 Å². The van der Waals surface area contributed by atoms with Crippen molar-refractivity contribution < 1.29 is 19.7 Å². The molecule has 1 rings (SSSR count). The molecule has 0 aliphatic heterocycles. The second kappa shape index (κ2) is 6.57. The third-order valence-electron chi connectivity index (χ3n) is 2.84. The zero-order chi connectivity index (χ0) is 14.5. The first-order chi connectivity index (χ1) is 8.84. The number of rotatable bonds is 6. The summed E-state index contributed by atoms with van der Waals surface area (Å²) in [5, 5.41) is 17.8. The number of aliphatic hydroxyl groups is 1. The van der Waals surface area contributed by atoms with Crippen LogP contribution in [0.5, 0.6) is 5.75 Å². The van der Waals surface area contributed by atoms with E-state index in [0.717, 1.165) is 12.0 Å². The minimum atomic E-state index is -0.952. The molecule has 0 bridgehead atoms.